The van der Waals surface area contributed by atoms with Crippen molar-refractivity contribution in [3.63, 3.8) is 0 Å². The van der Waals surface area contributed by atoms with Crippen LogP contribution in [0.3, 0.4) is 0 Å². The molecular weight excluding hydrogens is 452 g/mol. The molecule has 0 unspecified atom stereocenters. The SMILES string of the molecule is O=C1c2ccccc2C(=O)N1/N=C\c1cc(Br)c(Sc2ccc(Cl)cc2)o1. The van der Waals surface area contributed by atoms with Crippen molar-refractivity contribution in [3.05, 3.63) is 81.0 Å². The molecule has 5 nitrogen and oxygen atoms in total. The zero-order valence-electron chi connectivity index (χ0n) is 13.6. The highest BCUT2D eigenvalue weighted by molar-refractivity contribution is 9.10. The molecule has 1 aromatic heterocycles. The van der Waals surface area contributed by atoms with Gasteiger partial charge in [0.1, 0.15) is 5.76 Å². The lowest BCUT2D eigenvalue weighted by Crippen LogP contribution is -2.23. The predicted octanol–water partition coefficient (Wildman–Crippen LogP) is 5.48. The van der Waals surface area contributed by atoms with Crippen LogP contribution in [-0.4, -0.2) is 23.0 Å². The summed E-state index contributed by atoms with van der Waals surface area (Å²) in [6.45, 7) is 0. The van der Waals surface area contributed by atoms with Gasteiger partial charge in [0, 0.05) is 16.0 Å². The van der Waals surface area contributed by atoms with E-state index in [0.717, 1.165) is 14.4 Å². The Bertz CT molecular complexity index is 1040. The summed E-state index contributed by atoms with van der Waals surface area (Å²) in [7, 11) is 0. The third-order valence-electron chi connectivity index (χ3n) is 3.77. The van der Waals surface area contributed by atoms with Crippen LogP contribution in [0.5, 0.6) is 0 Å². The highest BCUT2D eigenvalue weighted by Crippen LogP contribution is 2.36. The number of rotatable bonds is 4. The van der Waals surface area contributed by atoms with Crippen molar-refractivity contribution in [2.24, 2.45) is 5.10 Å². The molecule has 8 heteroatoms. The lowest BCUT2D eigenvalue weighted by atomic mass is 10.1. The van der Waals surface area contributed by atoms with E-state index in [1.807, 2.05) is 12.1 Å². The third-order valence-corrected chi connectivity index (χ3v) is 5.87. The standard InChI is InChI=1S/C19H10BrClN2O3S/c20-16-9-12(26-19(16)27-13-7-5-11(21)6-8-13)10-22-23-17(24)14-3-1-2-4-15(14)18(23)25/h1-10H/b22-10-. The summed E-state index contributed by atoms with van der Waals surface area (Å²) in [5, 5.41) is 6.14. The Balaban J connectivity index is 1.53. The summed E-state index contributed by atoms with van der Waals surface area (Å²) in [6, 6.07) is 15.7. The maximum atomic E-state index is 12.3. The number of furan rings is 1. The second-order valence-electron chi connectivity index (χ2n) is 5.55. The smallest absolute Gasteiger partial charge is 0.282 e. The monoisotopic (exact) mass is 460 g/mol. The van der Waals surface area contributed by atoms with E-state index in [2.05, 4.69) is 21.0 Å². The van der Waals surface area contributed by atoms with E-state index in [9.17, 15) is 9.59 Å². The largest absolute Gasteiger partial charge is 0.447 e. The summed E-state index contributed by atoms with van der Waals surface area (Å²) in [4.78, 5) is 25.6. The Labute approximate surface area is 172 Å². The number of benzene rings is 2. The number of hydrogen-bond acceptors (Lipinski definition) is 5. The molecule has 4 rings (SSSR count). The van der Waals surface area contributed by atoms with E-state index < -0.39 is 11.8 Å². The van der Waals surface area contributed by atoms with E-state index in [0.29, 0.717) is 27.0 Å². The summed E-state index contributed by atoms with van der Waals surface area (Å²) in [5.74, 6) is -0.489. The third kappa shape index (κ3) is 3.58. The van der Waals surface area contributed by atoms with Crippen molar-refractivity contribution in [1.29, 1.82) is 0 Å². The first-order valence-electron chi connectivity index (χ1n) is 7.77. The second kappa shape index (κ2) is 7.34. The lowest BCUT2D eigenvalue weighted by Gasteiger charge is -2.04. The van der Waals surface area contributed by atoms with E-state index >= 15 is 0 Å². The van der Waals surface area contributed by atoms with Crippen LogP contribution in [-0.2, 0) is 0 Å². The molecule has 0 bridgehead atoms. The van der Waals surface area contributed by atoms with E-state index in [1.165, 1.54) is 18.0 Å². The minimum Gasteiger partial charge on any atom is -0.447 e. The molecule has 2 aromatic carbocycles. The number of amides is 2. The van der Waals surface area contributed by atoms with Crippen LogP contribution in [0.25, 0.3) is 0 Å². The van der Waals surface area contributed by atoms with Crippen molar-refractivity contribution < 1.29 is 14.0 Å². The van der Waals surface area contributed by atoms with Gasteiger partial charge in [-0.05, 0) is 52.3 Å². The molecular formula is C19H10BrClN2O3S. The molecule has 3 aromatic rings. The molecule has 0 saturated heterocycles. The van der Waals surface area contributed by atoms with Gasteiger partial charge in [-0.3, -0.25) is 9.59 Å². The van der Waals surface area contributed by atoms with Gasteiger partial charge in [-0.2, -0.15) is 10.1 Å². The topological polar surface area (TPSA) is 62.9 Å². The molecule has 0 atom stereocenters. The van der Waals surface area contributed by atoms with Crippen molar-refractivity contribution in [2.45, 2.75) is 9.99 Å². The number of imide groups is 1. The van der Waals surface area contributed by atoms with Crippen LogP contribution in [0.4, 0.5) is 0 Å². The summed E-state index contributed by atoms with van der Waals surface area (Å²) < 4.78 is 6.48. The van der Waals surface area contributed by atoms with Crippen LogP contribution in [0.1, 0.15) is 26.5 Å². The Morgan fingerprint density at radius 2 is 1.67 bits per heavy atom. The molecule has 27 heavy (non-hydrogen) atoms. The average molecular weight is 462 g/mol. The molecule has 0 saturated carbocycles. The molecule has 2 heterocycles. The quantitative estimate of drug-likeness (QED) is 0.381. The van der Waals surface area contributed by atoms with E-state index in [-0.39, 0.29) is 0 Å². The van der Waals surface area contributed by atoms with Crippen molar-refractivity contribution in [3.8, 4) is 0 Å². The maximum absolute atomic E-state index is 12.3. The average Bonchev–Trinajstić information content (AvgIpc) is 3.13. The van der Waals surface area contributed by atoms with Crippen LogP contribution in [0, 0.1) is 0 Å². The Morgan fingerprint density at radius 3 is 2.30 bits per heavy atom. The number of hydrazone groups is 1. The van der Waals surface area contributed by atoms with Gasteiger partial charge in [0.2, 0.25) is 0 Å². The minimum atomic E-state index is -0.451. The van der Waals surface area contributed by atoms with Gasteiger partial charge in [0.15, 0.2) is 5.09 Å². The number of fused-ring (bicyclic) bond motifs is 1. The molecule has 1 aliphatic heterocycles. The number of carbonyl (C=O) groups is 2. The van der Waals surface area contributed by atoms with Crippen LogP contribution in [0.15, 0.2) is 78.6 Å². The highest BCUT2D eigenvalue weighted by Gasteiger charge is 2.35. The summed E-state index contributed by atoms with van der Waals surface area (Å²) in [6.07, 6.45) is 1.35. The molecule has 0 fully saturated rings. The number of hydrogen-bond donors (Lipinski definition) is 0. The zero-order chi connectivity index (χ0) is 19.0. The van der Waals surface area contributed by atoms with Gasteiger partial charge >= 0.3 is 0 Å². The van der Waals surface area contributed by atoms with E-state index in [1.54, 1.807) is 42.5 Å². The number of halogens is 2. The molecule has 2 amide bonds. The van der Waals surface area contributed by atoms with Crippen LogP contribution < -0.4 is 0 Å². The van der Waals surface area contributed by atoms with Gasteiger partial charge < -0.3 is 4.42 Å². The Kier molecular flexibility index (Phi) is 4.90. The van der Waals surface area contributed by atoms with Crippen molar-refractivity contribution in [1.82, 2.24) is 5.01 Å². The molecule has 0 radical (unpaired) electrons. The lowest BCUT2D eigenvalue weighted by molar-refractivity contribution is 0.0660. The van der Waals surface area contributed by atoms with Crippen LogP contribution in [0.2, 0.25) is 5.02 Å². The first-order chi connectivity index (χ1) is 13.0. The fourth-order valence-corrected chi connectivity index (χ4v) is 3.96. The fourth-order valence-electron chi connectivity index (χ4n) is 2.51. The first-order valence-corrected chi connectivity index (χ1v) is 9.76. The second-order valence-corrected chi connectivity index (χ2v) is 7.89. The van der Waals surface area contributed by atoms with E-state index in [4.69, 9.17) is 16.0 Å². The van der Waals surface area contributed by atoms with Crippen LogP contribution >= 0.6 is 39.3 Å². The summed E-state index contributed by atoms with van der Waals surface area (Å²) >= 11 is 10.7. The minimum absolute atomic E-state index is 0.347. The maximum Gasteiger partial charge on any atom is 0.282 e. The van der Waals surface area contributed by atoms with Crippen molar-refractivity contribution in [2.75, 3.05) is 0 Å². The Morgan fingerprint density at radius 1 is 1.04 bits per heavy atom. The van der Waals surface area contributed by atoms with Gasteiger partial charge in [-0.15, -0.1) is 0 Å². The zero-order valence-corrected chi connectivity index (χ0v) is 16.7. The first kappa shape index (κ1) is 18.0. The molecule has 134 valence electrons. The normalized spacial score (nSPS) is 13.6. The molecule has 0 aliphatic carbocycles. The molecule has 0 spiro atoms. The van der Waals surface area contributed by atoms with Gasteiger partial charge in [0.25, 0.3) is 11.8 Å². The number of carbonyl (C=O) groups excluding carboxylic acids is 2. The van der Waals surface area contributed by atoms with Gasteiger partial charge in [-0.1, -0.05) is 35.5 Å². The fraction of sp³-hybridized carbons (Fsp3) is 0. The van der Waals surface area contributed by atoms with Gasteiger partial charge in [0.05, 0.1) is 21.8 Å². The molecule has 0 N–H and O–H groups in total. The summed E-state index contributed by atoms with van der Waals surface area (Å²) in [5.41, 5.74) is 0.693. The Hall–Kier alpha value is -2.35. The number of nitrogens with zero attached hydrogens (tertiary/aromatic N) is 2. The van der Waals surface area contributed by atoms with Crippen molar-refractivity contribution >= 4 is 57.3 Å². The van der Waals surface area contributed by atoms with Gasteiger partial charge in [-0.25, -0.2) is 0 Å². The molecule has 1 aliphatic rings. The predicted molar refractivity (Wildman–Crippen MR) is 107 cm³/mol. The highest BCUT2D eigenvalue weighted by atomic mass is 79.9.